The Morgan fingerprint density at radius 3 is 2.13 bits per heavy atom. The Morgan fingerprint density at radius 2 is 1.50 bits per heavy atom. The van der Waals surface area contributed by atoms with Gasteiger partial charge in [0.1, 0.15) is 6.17 Å². The van der Waals surface area contributed by atoms with Gasteiger partial charge in [-0.1, -0.05) is 60.7 Å². The van der Waals surface area contributed by atoms with E-state index in [2.05, 4.69) is 29.4 Å². The fraction of sp³-hybridized carbons (Fsp3) is 0.261. The highest BCUT2D eigenvalue weighted by Crippen LogP contribution is 2.42. The molecule has 3 aromatic rings. The van der Waals surface area contributed by atoms with Gasteiger partial charge in [-0.2, -0.15) is 10.1 Å². The molecule has 1 atom stereocenters. The normalized spacial score (nSPS) is 18.9. The van der Waals surface area contributed by atoms with Gasteiger partial charge in [-0.05, 0) is 24.0 Å². The first-order valence-corrected chi connectivity index (χ1v) is 10.2. The van der Waals surface area contributed by atoms with Gasteiger partial charge in [0, 0.05) is 19.0 Å². The van der Waals surface area contributed by atoms with Crippen LogP contribution in [0.2, 0.25) is 0 Å². The van der Waals surface area contributed by atoms with E-state index < -0.39 is 17.3 Å². The van der Waals surface area contributed by atoms with Gasteiger partial charge in [0.25, 0.3) is 5.91 Å². The SMILES string of the molecule is O=C1c2c(O)c(=O)cnn2[C@@H](C(c2ccccc2)c2ccccc2)N2CCCCN12. The molecule has 152 valence electrons. The van der Waals surface area contributed by atoms with E-state index in [4.69, 9.17) is 0 Å². The Kier molecular flexibility index (Phi) is 4.59. The summed E-state index contributed by atoms with van der Waals surface area (Å²) in [4.78, 5) is 25.3. The van der Waals surface area contributed by atoms with E-state index in [0.29, 0.717) is 13.1 Å². The monoisotopic (exact) mass is 402 g/mol. The first-order valence-electron chi connectivity index (χ1n) is 10.2. The van der Waals surface area contributed by atoms with Gasteiger partial charge in [0.15, 0.2) is 11.4 Å². The van der Waals surface area contributed by atoms with Crippen molar-refractivity contribution in [3.05, 3.63) is 93.9 Å². The second-order valence-corrected chi connectivity index (χ2v) is 7.66. The first kappa shape index (κ1) is 18.6. The van der Waals surface area contributed by atoms with Gasteiger partial charge in [-0.25, -0.2) is 4.68 Å². The van der Waals surface area contributed by atoms with Gasteiger partial charge in [0.2, 0.25) is 5.43 Å². The minimum Gasteiger partial charge on any atom is -0.502 e. The third-order valence-electron chi connectivity index (χ3n) is 5.91. The molecule has 1 N–H and O–H groups in total. The summed E-state index contributed by atoms with van der Waals surface area (Å²) in [5, 5.41) is 18.5. The van der Waals surface area contributed by atoms with Crippen molar-refractivity contribution in [2.45, 2.75) is 24.9 Å². The molecule has 7 heteroatoms. The van der Waals surface area contributed by atoms with E-state index in [9.17, 15) is 14.7 Å². The highest BCUT2D eigenvalue weighted by Gasteiger charge is 2.45. The zero-order valence-corrected chi connectivity index (χ0v) is 16.4. The van der Waals surface area contributed by atoms with Crippen molar-refractivity contribution in [2.75, 3.05) is 13.1 Å². The lowest BCUT2D eigenvalue weighted by molar-refractivity contribution is -0.103. The van der Waals surface area contributed by atoms with Crippen LogP contribution < -0.4 is 5.43 Å². The summed E-state index contributed by atoms with van der Waals surface area (Å²) in [6, 6.07) is 20.1. The molecule has 30 heavy (non-hydrogen) atoms. The van der Waals surface area contributed by atoms with Crippen molar-refractivity contribution in [1.82, 2.24) is 19.8 Å². The van der Waals surface area contributed by atoms with Crippen LogP contribution in [0.15, 0.2) is 71.7 Å². The maximum atomic E-state index is 13.2. The molecule has 2 aromatic carbocycles. The van der Waals surface area contributed by atoms with Gasteiger partial charge < -0.3 is 5.11 Å². The summed E-state index contributed by atoms with van der Waals surface area (Å²) in [6.07, 6.45) is 2.53. The Bertz CT molecular complexity index is 1090. The molecule has 5 rings (SSSR count). The van der Waals surface area contributed by atoms with Crippen LogP contribution in [-0.2, 0) is 0 Å². The summed E-state index contributed by atoms with van der Waals surface area (Å²) in [6.45, 7) is 1.24. The number of aromatic nitrogens is 2. The Balaban J connectivity index is 1.77. The zero-order valence-electron chi connectivity index (χ0n) is 16.4. The number of rotatable bonds is 3. The smallest absolute Gasteiger partial charge is 0.290 e. The molecule has 0 radical (unpaired) electrons. The molecular formula is C23H22N4O3. The van der Waals surface area contributed by atoms with Crippen LogP contribution in [-0.4, -0.2) is 43.9 Å². The largest absolute Gasteiger partial charge is 0.502 e. The second kappa shape index (κ2) is 7.42. The molecule has 0 aliphatic carbocycles. The highest BCUT2D eigenvalue weighted by atomic mass is 16.3. The molecule has 7 nitrogen and oxygen atoms in total. The molecule has 0 bridgehead atoms. The molecule has 1 amide bonds. The summed E-state index contributed by atoms with van der Waals surface area (Å²) in [5.74, 6) is -1.08. The lowest BCUT2D eigenvalue weighted by Gasteiger charge is -2.49. The van der Waals surface area contributed by atoms with Crippen LogP contribution in [0.5, 0.6) is 5.75 Å². The van der Waals surface area contributed by atoms with E-state index in [1.807, 2.05) is 41.4 Å². The number of carbonyl (C=O) groups is 1. The average Bonchev–Trinajstić information content (AvgIpc) is 2.80. The summed E-state index contributed by atoms with van der Waals surface area (Å²) >= 11 is 0. The molecule has 2 aliphatic rings. The lowest BCUT2D eigenvalue weighted by Crippen LogP contribution is -2.59. The molecule has 0 unspecified atom stereocenters. The first-order chi connectivity index (χ1) is 14.7. The number of hydrogen-bond acceptors (Lipinski definition) is 5. The van der Waals surface area contributed by atoms with Crippen LogP contribution in [0.4, 0.5) is 0 Å². The Hall–Kier alpha value is -3.45. The minimum absolute atomic E-state index is 0.0393. The van der Waals surface area contributed by atoms with E-state index in [1.165, 1.54) is 4.68 Å². The van der Waals surface area contributed by atoms with E-state index >= 15 is 0 Å². The van der Waals surface area contributed by atoms with Gasteiger partial charge in [-0.3, -0.25) is 14.6 Å². The number of amides is 1. The maximum Gasteiger partial charge on any atom is 0.290 e. The minimum atomic E-state index is -0.644. The van der Waals surface area contributed by atoms with Gasteiger partial charge in [0.05, 0.1) is 6.20 Å². The molecule has 0 spiro atoms. The fourth-order valence-electron chi connectivity index (χ4n) is 4.56. The predicted octanol–water partition coefficient (Wildman–Crippen LogP) is 2.75. The summed E-state index contributed by atoms with van der Waals surface area (Å²) < 4.78 is 1.53. The standard InChI is InChI=1S/C23H22N4O3/c28-18-15-24-27-20(21(18)29)23(30)26-14-8-7-13-25(26)22(27)19(16-9-3-1-4-10-16)17-11-5-2-6-12-17/h1-6,9-12,15,19,22,29H,7-8,13-14H2/t22-/m0/s1. The fourth-order valence-corrected chi connectivity index (χ4v) is 4.56. The lowest BCUT2D eigenvalue weighted by atomic mass is 9.87. The molecule has 1 fully saturated rings. The van der Waals surface area contributed by atoms with Gasteiger partial charge in [-0.15, -0.1) is 0 Å². The molecule has 1 saturated heterocycles. The Morgan fingerprint density at radius 1 is 0.900 bits per heavy atom. The molecule has 3 heterocycles. The quantitative estimate of drug-likeness (QED) is 0.729. The van der Waals surface area contributed by atoms with Crippen molar-refractivity contribution in [1.29, 1.82) is 0 Å². The number of hydrazine groups is 1. The number of nitrogens with zero attached hydrogens (tertiary/aromatic N) is 4. The van der Waals surface area contributed by atoms with Crippen molar-refractivity contribution in [3.8, 4) is 5.75 Å². The summed E-state index contributed by atoms with van der Waals surface area (Å²) in [5.41, 5.74) is 1.45. The molecule has 2 aliphatic heterocycles. The molecule has 0 saturated carbocycles. The summed E-state index contributed by atoms with van der Waals surface area (Å²) in [7, 11) is 0. The number of benzene rings is 2. The third kappa shape index (κ3) is 2.90. The van der Waals surface area contributed by atoms with Crippen LogP contribution >= 0.6 is 0 Å². The molecular weight excluding hydrogens is 380 g/mol. The zero-order chi connectivity index (χ0) is 20.7. The number of aromatic hydroxyl groups is 1. The maximum absolute atomic E-state index is 13.2. The van der Waals surface area contributed by atoms with Gasteiger partial charge >= 0.3 is 0 Å². The van der Waals surface area contributed by atoms with Crippen molar-refractivity contribution in [3.63, 3.8) is 0 Å². The predicted molar refractivity (Wildman–Crippen MR) is 111 cm³/mol. The number of fused-ring (bicyclic) bond motifs is 2. The van der Waals surface area contributed by atoms with Crippen LogP contribution in [0.25, 0.3) is 0 Å². The second-order valence-electron chi connectivity index (χ2n) is 7.66. The van der Waals surface area contributed by atoms with E-state index in [0.717, 1.165) is 30.2 Å². The molecule has 1 aromatic heterocycles. The Labute approximate surface area is 173 Å². The van der Waals surface area contributed by atoms with Crippen molar-refractivity contribution >= 4 is 5.91 Å². The van der Waals surface area contributed by atoms with Crippen molar-refractivity contribution in [2.24, 2.45) is 0 Å². The van der Waals surface area contributed by atoms with Crippen LogP contribution in [0.1, 0.15) is 46.5 Å². The number of carbonyl (C=O) groups excluding carboxylic acids is 1. The van der Waals surface area contributed by atoms with E-state index in [-0.39, 0.29) is 17.5 Å². The van der Waals surface area contributed by atoms with Crippen LogP contribution in [0, 0.1) is 0 Å². The van der Waals surface area contributed by atoms with Crippen LogP contribution in [0.3, 0.4) is 0 Å². The van der Waals surface area contributed by atoms with E-state index in [1.54, 1.807) is 5.01 Å². The third-order valence-corrected chi connectivity index (χ3v) is 5.91. The average molecular weight is 402 g/mol. The topological polar surface area (TPSA) is 78.7 Å². The van der Waals surface area contributed by atoms with Crippen molar-refractivity contribution < 1.29 is 9.90 Å². The highest BCUT2D eigenvalue weighted by molar-refractivity contribution is 5.95. The number of hydrogen-bond donors (Lipinski definition) is 1.